The number of nitrogens with zero attached hydrogens (tertiary/aromatic N) is 1. The van der Waals surface area contributed by atoms with E-state index in [0.29, 0.717) is 11.3 Å². The Morgan fingerprint density at radius 1 is 1.17 bits per heavy atom. The number of aryl methyl sites for hydroxylation is 1. The van der Waals surface area contributed by atoms with Gasteiger partial charge in [0, 0.05) is 12.2 Å². The second-order valence-corrected chi connectivity index (χ2v) is 9.39. The van der Waals surface area contributed by atoms with Crippen molar-refractivity contribution < 1.29 is 14.6 Å². The highest BCUT2D eigenvalue weighted by Crippen LogP contribution is 2.43. The van der Waals surface area contributed by atoms with Gasteiger partial charge in [-0.25, -0.2) is 0 Å². The van der Waals surface area contributed by atoms with Gasteiger partial charge in [0.2, 0.25) is 0 Å². The van der Waals surface area contributed by atoms with Crippen LogP contribution in [0.25, 0.3) is 0 Å². The molecular weight excluding hydrogens is 434 g/mol. The molecule has 0 saturated heterocycles. The molecule has 0 fully saturated rings. The third-order valence-electron chi connectivity index (χ3n) is 6.94. The fourth-order valence-corrected chi connectivity index (χ4v) is 4.98. The summed E-state index contributed by atoms with van der Waals surface area (Å²) in [4.78, 5) is 15.5. The Morgan fingerprint density at radius 2 is 1.97 bits per heavy atom. The number of rotatable bonds is 4. The quantitative estimate of drug-likeness (QED) is 0.391. The Hall–Kier alpha value is -3.11. The molecule has 1 unspecified atom stereocenters. The molecule has 4 nitrogen and oxygen atoms in total. The number of aliphatic hydroxyl groups excluding tert-OH is 1. The number of carbonyl (C=O) groups excluding carboxylic acids is 1. The largest absolute Gasteiger partial charge is 0.496 e. The highest BCUT2D eigenvalue weighted by atomic mass is 16.5. The molecule has 1 N–H and O–H groups in total. The lowest BCUT2D eigenvalue weighted by molar-refractivity contribution is 0.0982. The highest BCUT2D eigenvalue weighted by Gasteiger charge is 2.35. The van der Waals surface area contributed by atoms with Crippen molar-refractivity contribution in [1.82, 2.24) is 0 Å². The smallest absolute Gasteiger partial charge is 0.262 e. The van der Waals surface area contributed by atoms with Crippen LogP contribution in [0.15, 0.2) is 78.4 Å². The van der Waals surface area contributed by atoms with Gasteiger partial charge in [-0.15, -0.1) is 0 Å². The Labute approximate surface area is 210 Å². The van der Waals surface area contributed by atoms with Crippen LogP contribution in [0.4, 0.5) is 5.69 Å². The van der Waals surface area contributed by atoms with E-state index in [0.717, 1.165) is 36.2 Å². The van der Waals surface area contributed by atoms with Crippen LogP contribution >= 0.6 is 0 Å². The number of amides is 1. The molecule has 1 aliphatic heterocycles. The van der Waals surface area contributed by atoms with Gasteiger partial charge in [0.25, 0.3) is 5.91 Å². The minimum Gasteiger partial charge on any atom is -0.496 e. The lowest BCUT2D eigenvalue weighted by Gasteiger charge is -2.32. The van der Waals surface area contributed by atoms with E-state index in [1.165, 1.54) is 24.8 Å². The third kappa shape index (κ3) is 6.52. The zero-order valence-electron chi connectivity index (χ0n) is 21.6. The predicted molar refractivity (Wildman–Crippen MR) is 145 cm³/mol. The molecular formula is C31H39NO3. The van der Waals surface area contributed by atoms with Crippen LogP contribution in [0.5, 0.6) is 5.75 Å². The third-order valence-corrected chi connectivity index (χ3v) is 6.94. The first-order valence-electron chi connectivity index (χ1n) is 12.6. The van der Waals surface area contributed by atoms with E-state index in [1.54, 1.807) is 7.11 Å². The molecule has 1 aliphatic carbocycles. The van der Waals surface area contributed by atoms with Crippen molar-refractivity contribution in [2.75, 3.05) is 25.2 Å². The summed E-state index contributed by atoms with van der Waals surface area (Å²) in [6.07, 6.45) is 16.0. The Kier molecular flexibility index (Phi) is 9.50. The monoisotopic (exact) mass is 473 g/mol. The summed E-state index contributed by atoms with van der Waals surface area (Å²) >= 11 is 0. The zero-order valence-corrected chi connectivity index (χ0v) is 21.6. The Balaban J connectivity index is 0.000000371. The molecule has 35 heavy (non-hydrogen) atoms. The van der Waals surface area contributed by atoms with Gasteiger partial charge in [0.05, 0.1) is 19.3 Å². The van der Waals surface area contributed by atoms with E-state index in [1.807, 2.05) is 68.2 Å². The molecule has 4 heteroatoms. The molecule has 0 aromatic heterocycles. The first-order chi connectivity index (χ1) is 17.0. The molecule has 0 bridgehead atoms. The molecule has 1 spiro atoms. The van der Waals surface area contributed by atoms with Gasteiger partial charge in [-0.2, -0.15) is 0 Å². The summed E-state index contributed by atoms with van der Waals surface area (Å²) in [5, 5.41) is 8.54. The number of benzene rings is 2. The average Bonchev–Trinajstić information content (AvgIpc) is 3.04. The number of fused-ring (bicyclic) bond motifs is 1. The first-order valence-corrected chi connectivity index (χ1v) is 12.6. The van der Waals surface area contributed by atoms with Gasteiger partial charge >= 0.3 is 0 Å². The summed E-state index contributed by atoms with van der Waals surface area (Å²) in [5.74, 6) is 0.671. The fourth-order valence-electron chi connectivity index (χ4n) is 4.98. The maximum absolute atomic E-state index is 13.5. The minimum atomic E-state index is 0.0242. The number of para-hydroxylation sites is 1. The second-order valence-electron chi connectivity index (χ2n) is 9.39. The van der Waals surface area contributed by atoms with Crippen LogP contribution in [0, 0.1) is 12.3 Å². The zero-order chi connectivity index (χ0) is 25.3. The van der Waals surface area contributed by atoms with E-state index in [4.69, 9.17) is 9.84 Å². The number of methoxy groups -OCH3 is 1. The second kappa shape index (κ2) is 12.6. The van der Waals surface area contributed by atoms with Crippen molar-refractivity contribution in [1.29, 1.82) is 0 Å². The summed E-state index contributed by atoms with van der Waals surface area (Å²) in [6, 6.07) is 14.2. The van der Waals surface area contributed by atoms with E-state index in [2.05, 4.69) is 30.4 Å². The number of anilines is 1. The SMILES string of the molecule is C/C=C\C(=C/C)CO.COc1cc(C)ccc1C(=O)N1CCC2(C=CCCC2)Cc2ccccc21. The van der Waals surface area contributed by atoms with Crippen LogP contribution in [0.1, 0.15) is 61.0 Å². The Morgan fingerprint density at radius 3 is 2.60 bits per heavy atom. The summed E-state index contributed by atoms with van der Waals surface area (Å²) in [7, 11) is 1.63. The fraction of sp³-hybridized carbons (Fsp3) is 0.387. The number of ether oxygens (including phenoxy) is 1. The van der Waals surface area contributed by atoms with Crippen molar-refractivity contribution in [3.05, 3.63) is 95.1 Å². The first kappa shape index (κ1) is 26.5. The predicted octanol–water partition coefficient (Wildman–Crippen LogP) is 6.82. The van der Waals surface area contributed by atoms with Crippen LogP contribution in [-0.4, -0.2) is 31.3 Å². The standard InChI is InChI=1S/C24H27NO2.C7H12O/c1-18-10-11-20(22(16-18)27-2)23(26)25-15-14-24(12-6-3-7-13-24)17-19-8-4-5-9-21(19)25;1-3-5-7(4-2)6-8/h4-6,8-12,16H,3,7,13-15,17H2,1-2H3;3-5,8H,6H2,1-2H3/b;5-3-,7-4+. The molecule has 4 rings (SSSR count). The lowest BCUT2D eigenvalue weighted by Crippen LogP contribution is -2.33. The van der Waals surface area contributed by atoms with Crippen LogP contribution in [0.2, 0.25) is 0 Å². The summed E-state index contributed by atoms with van der Waals surface area (Å²) < 4.78 is 5.51. The van der Waals surface area contributed by atoms with Crippen molar-refractivity contribution in [3.8, 4) is 5.75 Å². The van der Waals surface area contributed by atoms with Crippen LogP contribution in [-0.2, 0) is 6.42 Å². The molecule has 186 valence electrons. The molecule has 2 aliphatic rings. The average molecular weight is 474 g/mol. The van der Waals surface area contributed by atoms with Crippen molar-refractivity contribution in [2.24, 2.45) is 5.41 Å². The number of aliphatic hydroxyl groups is 1. The number of carbonyl (C=O) groups is 1. The van der Waals surface area contributed by atoms with E-state index in [-0.39, 0.29) is 17.9 Å². The maximum Gasteiger partial charge on any atom is 0.262 e. The highest BCUT2D eigenvalue weighted by molar-refractivity contribution is 6.08. The van der Waals surface area contributed by atoms with Crippen molar-refractivity contribution in [2.45, 2.75) is 52.9 Å². The molecule has 2 aromatic carbocycles. The van der Waals surface area contributed by atoms with Crippen molar-refractivity contribution >= 4 is 11.6 Å². The number of allylic oxidation sites excluding steroid dienone is 4. The van der Waals surface area contributed by atoms with Crippen LogP contribution < -0.4 is 9.64 Å². The normalized spacial score (nSPS) is 19.7. The topological polar surface area (TPSA) is 49.8 Å². The van der Waals surface area contributed by atoms with E-state index < -0.39 is 0 Å². The van der Waals surface area contributed by atoms with Gasteiger partial charge < -0.3 is 14.7 Å². The molecule has 2 aromatic rings. The lowest BCUT2D eigenvalue weighted by atomic mass is 9.72. The van der Waals surface area contributed by atoms with Gasteiger partial charge in [-0.05, 0) is 93.2 Å². The van der Waals surface area contributed by atoms with E-state index >= 15 is 0 Å². The van der Waals surface area contributed by atoms with Gasteiger partial charge in [-0.1, -0.05) is 54.6 Å². The van der Waals surface area contributed by atoms with Gasteiger partial charge in [0.15, 0.2) is 0 Å². The maximum atomic E-state index is 13.5. The molecule has 0 saturated carbocycles. The number of hydrogen-bond acceptors (Lipinski definition) is 3. The van der Waals surface area contributed by atoms with Crippen molar-refractivity contribution in [3.63, 3.8) is 0 Å². The van der Waals surface area contributed by atoms with E-state index in [9.17, 15) is 4.79 Å². The summed E-state index contributed by atoms with van der Waals surface area (Å²) in [5.41, 5.74) is 5.18. The number of hydrogen-bond donors (Lipinski definition) is 1. The van der Waals surface area contributed by atoms with Crippen LogP contribution in [0.3, 0.4) is 0 Å². The molecule has 1 atom stereocenters. The molecule has 1 heterocycles. The van der Waals surface area contributed by atoms with Gasteiger partial charge in [0.1, 0.15) is 5.75 Å². The molecule has 1 amide bonds. The Bertz CT molecular complexity index is 1100. The molecule has 0 radical (unpaired) electrons. The van der Waals surface area contributed by atoms with Gasteiger partial charge in [-0.3, -0.25) is 4.79 Å². The minimum absolute atomic E-state index is 0.0242. The summed E-state index contributed by atoms with van der Waals surface area (Å²) in [6.45, 7) is 6.72.